The monoisotopic (exact) mass is 343 g/mol. The third kappa shape index (κ3) is 3.35. The molecule has 0 saturated carbocycles. The molecule has 0 saturated heterocycles. The lowest BCUT2D eigenvalue weighted by atomic mass is 10.1. The molecule has 1 aromatic heterocycles. The second kappa shape index (κ2) is 6.96. The number of likely N-dealkylation sites (N-methyl/N-ethyl adjacent to an activating group) is 1. The molecule has 0 aliphatic carbocycles. The quantitative estimate of drug-likeness (QED) is 0.914. The maximum atomic E-state index is 12.8. The SMILES string of the molecule is CNC(=O)C1CN(C(=O)CCc2c(C)noc2C)c2ccccc2O1. The fourth-order valence-corrected chi connectivity index (χ4v) is 2.99. The fraction of sp³-hybridized carbons (Fsp3) is 0.389. The molecule has 0 fully saturated rings. The van der Waals surface area contributed by atoms with Crippen molar-refractivity contribution in [3.05, 3.63) is 41.3 Å². The van der Waals surface area contributed by atoms with Gasteiger partial charge in [-0.25, -0.2) is 0 Å². The van der Waals surface area contributed by atoms with Gasteiger partial charge in [0.1, 0.15) is 11.5 Å². The molecule has 2 amide bonds. The number of benzene rings is 1. The summed E-state index contributed by atoms with van der Waals surface area (Å²) in [6, 6.07) is 7.25. The minimum atomic E-state index is -0.720. The summed E-state index contributed by atoms with van der Waals surface area (Å²) < 4.78 is 10.9. The van der Waals surface area contributed by atoms with Crippen LogP contribution in [0.15, 0.2) is 28.8 Å². The Kier molecular flexibility index (Phi) is 4.74. The molecule has 7 heteroatoms. The molecule has 132 valence electrons. The van der Waals surface area contributed by atoms with Crippen molar-refractivity contribution >= 4 is 17.5 Å². The maximum Gasteiger partial charge on any atom is 0.262 e. The largest absolute Gasteiger partial charge is 0.477 e. The number of amides is 2. The molecule has 3 rings (SSSR count). The highest BCUT2D eigenvalue weighted by molar-refractivity contribution is 5.97. The van der Waals surface area contributed by atoms with Crippen LogP contribution in [0.3, 0.4) is 0 Å². The molecule has 0 spiro atoms. The Balaban J connectivity index is 1.79. The second-order valence-electron chi connectivity index (χ2n) is 6.00. The minimum absolute atomic E-state index is 0.0651. The normalized spacial score (nSPS) is 16.1. The summed E-state index contributed by atoms with van der Waals surface area (Å²) in [5.41, 5.74) is 2.44. The van der Waals surface area contributed by atoms with Crippen molar-refractivity contribution in [3.8, 4) is 5.75 Å². The van der Waals surface area contributed by atoms with Gasteiger partial charge in [-0.3, -0.25) is 9.59 Å². The highest BCUT2D eigenvalue weighted by Crippen LogP contribution is 2.33. The van der Waals surface area contributed by atoms with E-state index in [0.29, 0.717) is 24.3 Å². The van der Waals surface area contributed by atoms with Crippen LogP contribution >= 0.6 is 0 Å². The summed E-state index contributed by atoms with van der Waals surface area (Å²) in [7, 11) is 1.55. The minimum Gasteiger partial charge on any atom is -0.477 e. The second-order valence-corrected chi connectivity index (χ2v) is 6.00. The number of fused-ring (bicyclic) bond motifs is 1. The molecule has 2 heterocycles. The zero-order chi connectivity index (χ0) is 18.0. The van der Waals surface area contributed by atoms with Gasteiger partial charge < -0.3 is 19.5 Å². The molecule has 1 atom stereocenters. The Morgan fingerprint density at radius 3 is 2.76 bits per heavy atom. The van der Waals surface area contributed by atoms with Gasteiger partial charge >= 0.3 is 0 Å². The Hall–Kier alpha value is -2.83. The van der Waals surface area contributed by atoms with E-state index in [4.69, 9.17) is 9.26 Å². The van der Waals surface area contributed by atoms with E-state index in [1.165, 1.54) is 0 Å². The number of hydrogen-bond acceptors (Lipinski definition) is 5. The highest BCUT2D eigenvalue weighted by atomic mass is 16.5. The Morgan fingerprint density at radius 2 is 2.08 bits per heavy atom. The van der Waals surface area contributed by atoms with Crippen molar-refractivity contribution in [2.75, 3.05) is 18.5 Å². The van der Waals surface area contributed by atoms with Crippen LogP contribution in [0.25, 0.3) is 0 Å². The van der Waals surface area contributed by atoms with Crippen molar-refractivity contribution in [2.24, 2.45) is 0 Å². The summed E-state index contributed by atoms with van der Waals surface area (Å²) in [4.78, 5) is 26.4. The zero-order valence-corrected chi connectivity index (χ0v) is 14.5. The van der Waals surface area contributed by atoms with Gasteiger partial charge in [0.05, 0.1) is 17.9 Å². The van der Waals surface area contributed by atoms with Gasteiger partial charge in [-0.1, -0.05) is 17.3 Å². The van der Waals surface area contributed by atoms with E-state index >= 15 is 0 Å². The summed E-state index contributed by atoms with van der Waals surface area (Å²) in [6.07, 6.45) is 0.130. The average molecular weight is 343 g/mol. The first kappa shape index (κ1) is 17.0. The number of anilines is 1. The van der Waals surface area contributed by atoms with Crippen LogP contribution in [0, 0.1) is 13.8 Å². The van der Waals surface area contributed by atoms with Crippen molar-refractivity contribution in [2.45, 2.75) is 32.8 Å². The van der Waals surface area contributed by atoms with Crippen LogP contribution < -0.4 is 15.0 Å². The molecule has 1 aliphatic heterocycles. The number of hydrogen-bond donors (Lipinski definition) is 1. The van der Waals surface area contributed by atoms with Crippen LogP contribution in [0.4, 0.5) is 5.69 Å². The van der Waals surface area contributed by atoms with E-state index in [-0.39, 0.29) is 18.4 Å². The number of aromatic nitrogens is 1. The van der Waals surface area contributed by atoms with Crippen molar-refractivity contribution in [1.29, 1.82) is 0 Å². The van der Waals surface area contributed by atoms with Crippen LogP contribution in [0.5, 0.6) is 5.75 Å². The standard InChI is InChI=1S/C18H21N3O4/c1-11-13(12(2)25-20-11)8-9-17(22)21-10-16(18(23)19-3)24-15-7-5-4-6-14(15)21/h4-7,16H,8-10H2,1-3H3,(H,19,23). The molecular weight excluding hydrogens is 322 g/mol. The van der Waals surface area contributed by atoms with Gasteiger partial charge in [0.15, 0.2) is 6.10 Å². The molecule has 0 bridgehead atoms. The molecule has 1 aliphatic rings. The molecule has 2 aromatic rings. The maximum absolute atomic E-state index is 12.8. The molecule has 7 nitrogen and oxygen atoms in total. The van der Waals surface area contributed by atoms with Gasteiger partial charge in [-0.2, -0.15) is 0 Å². The number of carbonyl (C=O) groups excluding carboxylic acids is 2. The first-order chi connectivity index (χ1) is 12.0. The number of nitrogens with zero attached hydrogens (tertiary/aromatic N) is 2. The third-order valence-electron chi connectivity index (χ3n) is 4.38. The number of nitrogens with one attached hydrogen (secondary N) is 1. The lowest BCUT2D eigenvalue weighted by Crippen LogP contribution is -2.50. The lowest BCUT2D eigenvalue weighted by Gasteiger charge is -2.34. The van der Waals surface area contributed by atoms with Crippen LogP contribution in [-0.2, 0) is 16.0 Å². The molecule has 1 aromatic carbocycles. The van der Waals surface area contributed by atoms with Crippen molar-refractivity contribution < 1.29 is 18.8 Å². The Morgan fingerprint density at radius 1 is 1.32 bits per heavy atom. The number of carbonyl (C=O) groups is 2. The summed E-state index contributed by atoms with van der Waals surface area (Å²) in [6.45, 7) is 3.89. The third-order valence-corrected chi connectivity index (χ3v) is 4.38. The van der Waals surface area contributed by atoms with Crippen molar-refractivity contribution in [1.82, 2.24) is 10.5 Å². The molecule has 25 heavy (non-hydrogen) atoms. The summed E-state index contributed by atoms with van der Waals surface area (Å²) >= 11 is 0. The first-order valence-corrected chi connectivity index (χ1v) is 8.20. The van der Waals surface area contributed by atoms with Crippen molar-refractivity contribution in [3.63, 3.8) is 0 Å². The summed E-state index contributed by atoms with van der Waals surface area (Å²) in [5.74, 6) is 0.951. The molecule has 1 unspecified atom stereocenters. The van der Waals surface area contributed by atoms with E-state index in [1.54, 1.807) is 18.0 Å². The predicted octanol–water partition coefficient (Wildman–Crippen LogP) is 1.76. The molecule has 0 radical (unpaired) electrons. The summed E-state index contributed by atoms with van der Waals surface area (Å²) in [5, 5.41) is 6.49. The predicted molar refractivity (Wildman–Crippen MR) is 91.6 cm³/mol. The van der Waals surface area contributed by atoms with Crippen LogP contribution in [-0.4, -0.2) is 36.7 Å². The first-order valence-electron chi connectivity index (χ1n) is 8.20. The molecular formula is C18H21N3O4. The fourth-order valence-electron chi connectivity index (χ4n) is 2.99. The Labute approximate surface area is 145 Å². The van der Waals surface area contributed by atoms with Crippen LogP contribution in [0.2, 0.25) is 0 Å². The van der Waals surface area contributed by atoms with E-state index < -0.39 is 6.10 Å². The van der Waals surface area contributed by atoms with E-state index in [0.717, 1.165) is 17.0 Å². The van der Waals surface area contributed by atoms with Gasteiger partial charge in [-0.05, 0) is 32.4 Å². The van der Waals surface area contributed by atoms with Gasteiger partial charge in [0.2, 0.25) is 5.91 Å². The highest BCUT2D eigenvalue weighted by Gasteiger charge is 2.33. The van der Waals surface area contributed by atoms with E-state index in [9.17, 15) is 9.59 Å². The van der Waals surface area contributed by atoms with Gasteiger partial charge in [0.25, 0.3) is 5.91 Å². The van der Waals surface area contributed by atoms with Gasteiger partial charge in [0, 0.05) is 19.0 Å². The molecule has 1 N–H and O–H groups in total. The number of rotatable bonds is 4. The van der Waals surface area contributed by atoms with E-state index in [1.807, 2.05) is 32.0 Å². The Bertz CT molecular complexity index is 780. The number of ether oxygens (including phenoxy) is 1. The number of para-hydroxylation sites is 2. The topological polar surface area (TPSA) is 84.7 Å². The van der Waals surface area contributed by atoms with Gasteiger partial charge in [-0.15, -0.1) is 0 Å². The zero-order valence-electron chi connectivity index (χ0n) is 14.5. The van der Waals surface area contributed by atoms with E-state index in [2.05, 4.69) is 10.5 Å². The average Bonchev–Trinajstić information content (AvgIpc) is 2.95. The number of aryl methyl sites for hydroxylation is 2. The van der Waals surface area contributed by atoms with Crippen LogP contribution in [0.1, 0.15) is 23.4 Å². The smallest absolute Gasteiger partial charge is 0.262 e. The lowest BCUT2D eigenvalue weighted by molar-refractivity contribution is -0.127.